The molecule has 0 radical (unpaired) electrons. The summed E-state index contributed by atoms with van der Waals surface area (Å²) in [6.45, 7) is 5.40. The first-order valence-corrected chi connectivity index (χ1v) is 5.87. The summed E-state index contributed by atoms with van der Waals surface area (Å²) in [6, 6.07) is 8.79. The van der Waals surface area contributed by atoms with Gasteiger partial charge >= 0.3 is 5.97 Å². The third-order valence-corrected chi connectivity index (χ3v) is 3.17. The van der Waals surface area contributed by atoms with E-state index >= 15 is 0 Å². The SMILES string of the molecule is COC(=O)C(C)(NC(=O)c1ccccc1)C(C)C. The van der Waals surface area contributed by atoms with Crippen LogP contribution in [-0.2, 0) is 9.53 Å². The molecule has 1 amide bonds. The van der Waals surface area contributed by atoms with Crippen LogP contribution in [0.1, 0.15) is 31.1 Å². The fourth-order valence-electron chi connectivity index (χ4n) is 1.54. The van der Waals surface area contributed by atoms with E-state index in [1.807, 2.05) is 19.9 Å². The second-order valence-corrected chi connectivity index (χ2v) is 4.67. The van der Waals surface area contributed by atoms with E-state index in [-0.39, 0.29) is 11.8 Å². The minimum atomic E-state index is -1.03. The van der Waals surface area contributed by atoms with Gasteiger partial charge < -0.3 is 10.1 Å². The molecule has 0 aliphatic heterocycles. The van der Waals surface area contributed by atoms with Gasteiger partial charge in [0.1, 0.15) is 5.54 Å². The van der Waals surface area contributed by atoms with Crippen LogP contribution in [0, 0.1) is 5.92 Å². The van der Waals surface area contributed by atoms with Gasteiger partial charge in [0, 0.05) is 5.56 Å². The predicted octanol–water partition coefficient (Wildman–Crippen LogP) is 2.00. The molecule has 1 aromatic rings. The molecule has 1 rings (SSSR count). The number of nitrogens with one attached hydrogen (secondary N) is 1. The molecule has 1 aromatic carbocycles. The topological polar surface area (TPSA) is 55.4 Å². The van der Waals surface area contributed by atoms with Gasteiger partial charge in [-0.15, -0.1) is 0 Å². The van der Waals surface area contributed by atoms with Crippen molar-refractivity contribution >= 4 is 11.9 Å². The van der Waals surface area contributed by atoms with Crippen LogP contribution >= 0.6 is 0 Å². The smallest absolute Gasteiger partial charge is 0.331 e. The number of carbonyl (C=O) groups excluding carboxylic acids is 2. The van der Waals surface area contributed by atoms with E-state index < -0.39 is 11.5 Å². The minimum Gasteiger partial charge on any atom is -0.467 e. The van der Waals surface area contributed by atoms with E-state index in [9.17, 15) is 9.59 Å². The van der Waals surface area contributed by atoms with E-state index in [1.54, 1.807) is 31.2 Å². The molecule has 98 valence electrons. The summed E-state index contributed by atoms with van der Waals surface area (Å²) >= 11 is 0. The first kappa shape index (κ1) is 14.2. The van der Waals surface area contributed by atoms with Crippen LogP contribution in [0.5, 0.6) is 0 Å². The van der Waals surface area contributed by atoms with Crippen molar-refractivity contribution < 1.29 is 14.3 Å². The molecule has 0 aliphatic rings. The first-order valence-electron chi connectivity index (χ1n) is 5.87. The Balaban J connectivity index is 2.92. The highest BCUT2D eigenvalue weighted by atomic mass is 16.5. The van der Waals surface area contributed by atoms with Gasteiger partial charge in [-0.25, -0.2) is 4.79 Å². The van der Waals surface area contributed by atoms with Crippen LogP contribution in [-0.4, -0.2) is 24.5 Å². The van der Waals surface area contributed by atoms with Crippen molar-refractivity contribution in [3.63, 3.8) is 0 Å². The molecular formula is C14H19NO3. The Hall–Kier alpha value is -1.84. The summed E-state index contributed by atoms with van der Waals surface area (Å²) in [5.74, 6) is -0.795. The lowest BCUT2D eigenvalue weighted by molar-refractivity contribution is -0.149. The zero-order valence-corrected chi connectivity index (χ0v) is 11.2. The molecule has 1 N–H and O–H groups in total. The van der Waals surface area contributed by atoms with Crippen LogP contribution < -0.4 is 5.32 Å². The molecule has 4 nitrogen and oxygen atoms in total. The minimum absolute atomic E-state index is 0.0717. The second kappa shape index (κ2) is 5.67. The molecule has 0 fully saturated rings. The average Bonchev–Trinajstić information content (AvgIpc) is 2.38. The summed E-state index contributed by atoms with van der Waals surface area (Å²) in [5.41, 5.74) is -0.505. The van der Waals surface area contributed by atoms with Crippen molar-refractivity contribution in [2.24, 2.45) is 5.92 Å². The summed E-state index contributed by atoms with van der Waals surface area (Å²) in [7, 11) is 1.32. The van der Waals surface area contributed by atoms with Crippen molar-refractivity contribution in [3.8, 4) is 0 Å². The maximum Gasteiger partial charge on any atom is 0.331 e. The van der Waals surface area contributed by atoms with Crippen LogP contribution in [0.2, 0.25) is 0 Å². The fourth-order valence-corrected chi connectivity index (χ4v) is 1.54. The lowest BCUT2D eigenvalue weighted by atomic mass is 9.88. The lowest BCUT2D eigenvalue weighted by Crippen LogP contribution is -2.56. The monoisotopic (exact) mass is 249 g/mol. The van der Waals surface area contributed by atoms with Crippen LogP contribution in [0.25, 0.3) is 0 Å². The van der Waals surface area contributed by atoms with Crippen molar-refractivity contribution in [1.29, 1.82) is 0 Å². The fraction of sp³-hybridized carbons (Fsp3) is 0.429. The van der Waals surface area contributed by atoms with Gasteiger partial charge in [0.05, 0.1) is 7.11 Å². The van der Waals surface area contributed by atoms with Crippen molar-refractivity contribution in [2.45, 2.75) is 26.3 Å². The Labute approximate surface area is 107 Å². The highest BCUT2D eigenvalue weighted by Crippen LogP contribution is 2.19. The van der Waals surface area contributed by atoms with E-state index in [0.717, 1.165) is 0 Å². The van der Waals surface area contributed by atoms with Crippen LogP contribution in [0.4, 0.5) is 0 Å². The maximum atomic E-state index is 12.1. The van der Waals surface area contributed by atoms with Gasteiger partial charge in [0.25, 0.3) is 5.91 Å². The molecule has 0 saturated carbocycles. The van der Waals surface area contributed by atoms with Gasteiger partial charge in [-0.05, 0) is 25.0 Å². The Bertz CT molecular complexity index is 428. The summed E-state index contributed by atoms with van der Waals surface area (Å²) in [4.78, 5) is 23.9. The molecule has 0 spiro atoms. The third kappa shape index (κ3) is 2.88. The number of methoxy groups -OCH3 is 1. The molecule has 1 atom stereocenters. The van der Waals surface area contributed by atoms with E-state index in [4.69, 9.17) is 4.74 Å². The maximum absolute atomic E-state index is 12.1. The molecule has 4 heteroatoms. The predicted molar refractivity (Wildman–Crippen MR) is 69.2 cm³/mol. The van der Waals surface area contributed by atoms with Gasteiger partial charge in [0.15, 0.2) is 0 Å². The normalized spacial score (nSPS) is 13.8. The summed E-state index contributed by atoms with van der Waals surface area (Å²) < 4.78 is 4.76. The number of hydrogen-bond acceptors (Lipinski definition) is 3. The molecule has 0 bridgehead atoms. The number of hydrogen-bond donors (Lipinski definition) is 1. The molecular weight excluding hydrogens is 230 g/mol. The number of benzene rings is 1. The second-order valence-electron chi connectivity index (χ2n) is 4.67. The number of amides is 1. The van der Waals surface area contributed by atoms with Crippen molar-refractivity contribution in [3.05, 3.63) is 35.9 Å². The highest BCUT2D eigenvalue weighted by Gasteiger charge is 2.39. The van der Waals surface area contributed by atoms with Gasteiger partial charge in [0.2, 0.25) is 0 Å². The Morgan fingerprint density at radius 1 is 1.22 bits per heavy atom. The van der Waals surface area contributed by atoms with E-state index in [0.29, 0.717) is 5.56 Å². The van der Waals surface area contributed by atoms with Gasteiger partial charge in [-0.3, -0.25) is 4.79 Å². The third-order valence-electron chi connectivity index (χ3n) is 3.17. The van der Waals surface area contributed by atoms with Crippen molar-refractivity contribution in [1.82, 2.24) is 5.32 Å². The Morgan fingerprint density at radius 2 is 1.78 bits per heavy atom. The zero-order chi connectivity index (χ0) is 13.8. The van der Waals surface area contributed by atoms with Crippen LogP contribution in [0.15, 0.2) is 30.3 Å². The summed E-state index contributed by atoms with van der Waals surface area (Å²) in [5, 5.41) is 2.75. The molecule has 0 saturated heterocycles. The van der Waals surface area contributed by atoms with Crippen molar-refractivity contribution in [2.75, 3.05) is 7.11 Å². The van der Waals surface area contributed by atoms with Gasteiger partial charge in [-0.2, -0.15) is 0 Å². The Morgan fingerprint density at radius 3 is 2.22 bits per heavy atom. The Kier molecular flexibility index (Phi) is 4.48. The first-order chi connectivity index (χ1) is 8.41. The molecule has 0 aliphatic carbocycles. The van der Waals surface area contributed by atoms with Gasteiger partial charge in [-0.1, -0.05) is 32.0 Å². The van der Waals surface area contributed by atoms with E-state index in [1.165, 1.54) is 7.11 Å². The quantitative estimate of drug-likeness (QED) is 0.830. The molecule has 0 heterocycles. The lowest BCUT2D eigenvalue weighted by Gasteiger charge is -2.31. The average molecular weight is 249 g/mol. The largest absolute Gasteiger partial charge is 0.467 e. The molecule has 18 heavy (non-hydrogen) atoms. The zero-order valence-electron chi connectivity index (χ0n) is 11.2. The number of carbonyl (C=O) groups is 2. The number of rotatable bonds is 4. The standard InChI is InChI=1S/C14H19NO3/c1-10(2)14(3,13(17)18-4)15-12(16)11-8-6-5-7-9-11/h5-10H,1-4H3,(H,15,16). The number of esters is 1. The van der Waals surface area contributed by atoms with Crippen LogP contribution in [0.3, 0.4) is 0 Å². The summed E-state index contributed by atoms with van der Waals surface area (Å²) in [6.07, 6.45) is 0. The number of ether oxygens (including phenoxy) is 1. The van der Waals surface area contributed by atoms with E-state index in [2.05, 4.69) is 5.32 Å². The molecule has 0 aromatic heterocycles. The molecule has 1 unspecified atom stereocenters. The highest BCUT2D eigenvalue weighted by molar-refractivity contribution is 5.98.